The summed E-state index contributed by atoms with van der Waals surface area (Å²) < 4.78 is 4.94. The first-order chi connectivity index (χ1) is 3.43. The highest BCUT2D eigenvalue weighted by Gasteiger charge is 2.06. The van der Waals surface area contributed by atoms with E-state index in [1.165, 1.54) is 0 Å². The molecule has 1 aliphatic heterocycles. The summed E-state index contributed by atoms with van der Waals surface area (Å²) in [7, 11) is 0. The summed E-state index contributed by atoms with van der Waals surface area (Å²) >= 11 is 0. The van der Waals surface area contributed by atoms with Crippen molar-refractivity contribution >= 4 is 5.71 Å². The van der Waals surface area contributed by atoms with Gasteiger partial charge in [0.25, 0.3) is 0 Å². The highest BCUT2D eigenvalue weighted by Crippen LogP contribution is 1.96. The largest absolute Gasteiger partial charge is 0.375 e. The molecule has 0 saturated carbocycles. The van der Waals surface area contributed by atoms with Gasteiger partial charge in [-0.05, 0) is 0 Å². The van der Waals surface area contributed by atoms with Crippen molar-refractivity contribution in [2.45, 2.75) is 6.42 Å². The second-order valence-electron chi connectivity index (χ2n) is 1.50. The second-order valence-corrected chi connectivity index (χ2v) is 1.50. The van der Waals surface area contributed by atoms with Crippen molar-refractivity contribution in [2.24, 2.45) is 10.9 Å². The fraction of sp³-hybridized carbons (Fsp3) is 0.750. The molecule has 1 aliphatic rings. The van der Waals surface area contributed by atoms with Crippen LogP contribution >= 0.6 is 0 Å². The molecule has 1 heterocycles. The van der Waals surface area contributed by atoms with Crippen LogP contribution in [0.1, 0.15) is 6.42 Å². The van der Waals surface area contributed by atoms with Gasteiger partial charge in [-0.25, -0.2) is 0 Å². The highest BCUT2D eigenvalue weighted by molar-refractivity contribution is 5.86. The number of ether oxygens (including phenoxy) is 1. The average molecular weight is 100 g/mol. The third-order valence-electron chi connectivity index (χ3n) is 0.986. The molecule has 1 rings (SSSR count). The minimum atomic E-state index is 0.635. The van der Waals surface area contributed by atoms with Crippen LogP contribution in [0.4, 0.5) is 0 Å². The summed E-state index contributed by atoms with van der Waals surface area (Å²) in [6, 6.07) is 0. The topological polar surface area (TPSA) is 47.6 Å². The van der Waals surface area contributed by atoms with Crippen LogP contribution in [0.5, 0.6) is 0 Å². The maximum Gasteiger partial charge on any atom is 0.0867 e. The lowest BCUT2D eigenvalue weighted by atomic mass is 10.3. The predicted molar refractivity (Wildman–Crippen MR) is 27.1 cm³/mol. The van der Waals surface area contributed by atoms with Gasteiger partial charge < -0.3 is 10.6 Å². The lowest BCUT2D eigenvalue weighted by molar-refractivity contribution is 0.209. The maximum absolute atomic E-state index is 4.94. The Kier molecular flexibility index (Phi) is 1.26. The Morgan fingerprint density at radius 2 is 2.57 bits per heavy atom. The zero-order chi connectivity index (χ0) is 5.11. The van der Waals surface area contributed by atoms with Crippen LogP contribution in [0.2, 0.25) is 0 Å². The number of nitrogens with zero attached hydrogens (tertiary/aromatic N) is 1. The van der Waals surface area contributed by atoms with Gasteiger partial charge in [-0.2, -0.15) is 5.10 Å². The minimum Gasteiger partial charge on any atom is -0.375 e. The standard InChI is InChI=1S/C4H8N2O/c5-6-4-1-2-7-3-4/h1-3,5H2/b6-4+. The fourth-order valence-electron chi connectivity index (χ4n) is 0.554. The smallest absolute Gasteiger partial charge is 0.0867 e. The maximum atomic E-state index is 4.94. The third kappa shape index (κ3) is 0.899. The Hall–Kier alpha value is -0.570. The molecule has 0 aromatic heterocycles. The molecule has 2 N–H and O–H groups in total. The SMILES string of the molecule is N/N=C1\CCOC1. The molecule has 1 fully saturated rings. The molecule has 0 atom stereocenters. The molecule has 0 aromatic carbocycles. The van der Waals surface area contributed by atoms with E-state index in [1.54, 1.807) is 0 Å². The first kappa shape index (κ1) is 4.59. The first-order valence-corrected chi connectivity index (χ1v) is 2.27. The van der Waals surface area contributed by atoms with E-state index >= 15 is 0 Å². The van der Waals surface area contributed by atoms with Crippen molar-refractivity contribution in [3.63, 3.8) is 0 Å². The van der Waals surface area contributed by atoms with Gasteiger partial charge in [0, 0.05) is 6.42 Å². The summed E-state index contributed by atoms with van der Waals surface area (Å²) in [5.41, 5.74) is 0.972. The third-order valence-corrected chi connectivity index (χ3v) is 0.986. The molecule has 3 heteroatoms. The average Bonchev–Trinajstić information content (AvgIpc) is 2.14. The molecule has 0 unspecified atom stereocenters. The Bertz CT molecular complexity index is 81.7. The molecule has 0 spiro atoms. The first-order valence-electron chi connectivity index (χ1n) is 2.27. The number of hydrogen-bond donors (Lipinski definition) is 1. The van der Waals surface area contributed by atoms with Crippen LogP contribution < -0.4 is 5.84 Å². The van der Waals surface area contributed by atoms with Crippen LogP contribution in [0.25, 0.3) is 0 Å². The van der Waals surface area contributed by atoms with Gasteiger partial charge in [-0.1, -0.05) is 0 Å². The van der Waals surface area contributed by atoms with Gasteiger partial charge in [-0.3, -0.25) is 0 Å². The molecule has 1 saturated heterocycles. The lowest BCUT2D eigenvalue weighted by Crippen LogP contribution is -1.99. The van der Waals surface area contributed by atoms with Gasteiger partial charge >= 0.3 is 0 Å². The summed E-state index contributed by atoms with van der Waals surface area (Å²) in [5, 5.41) is 3.48. The second kappa shape index (κ2) is 1.93. The lowest BCUT2D eigenvalue weighted by Gasteiger charge is -1.82. The molecule has 0 aromatic rings. The minimum absolute atomic E-state index is 0.635. The molecule has 0 aliphatic carbocycles. The normalized spacial score (nSPS) is 26.6. The van der Waals surface area contributed by atoms with Crippen LogP contribution in [-0.2, 0) is 4.74 Å². The molecular weight excluding hydrogens is 92.1 g/mol. The van der Waals surface area contributed by atoms with E-state index in [0.717, 1.165) is 18.7 Å². The van der Waals surface area contributed by atoms with Crippen LogP contribution in [0.15, 0.2) is 5.10 Å². The zero-order valence-corrected chi connectivity index (χ0v) is 4.05. The number of rotatable bonds is 0. The van der Waals surface area contributed by atoms with Gasteiger partial charge in [0.2, 0.25) is 0 Å². The Balaban J connectivity index is 2.41. The molecule has 0 amide bonds. The fourth-order valence-corrected chi connectivity index (χ4v) is 0.554. The van der Waals surface area contributed by atoms with E-state index in [-0.39, 0.29) is 0 Å². The summed E-state index contributed by atoms with van der Waals surface area (Å²) in [6.45, 7) is 1.42. The van der Waals surface area contributed by atoms with Crippen molar-refractivity contribution < 1.29 is 4.74 Å². The quantitative estimate of drug-likeness (QED) is 0.336. The number of hydrogen-bond acceptors (Lipinski definition) is 3. The number of nitrogens with two attached hydrogens (primary N) is 1. The van der Waals surface area contributed by atoms with E-state index in [2.05, 4.69) is 5.10 Å². The van der Waals surface area contributed by atoms with Crippen LogP contribution in [-0.4, -0.2) is 18.9 Å². The van der Waals surface area contributed by atoms with E-state index < -0.39 is 0 Å². The molecular formula is C4H8N2O. The van der Waals surface area contributed by atoms with Crippen molar-refractivity contribution in [3.05, 3.63) is 0 Å². The van der Waals surface area contributed by atoms with E-state index in [9.17, 15) is 0 Å². The van der Waals surface area contributed by atoms with Gasteiger partial charge in [0.05, 0.1) is 18.9 Å². The summed E-state index contributed by atoms with van der Waals surface area (Å²) in [5.74, 6) is 4.94. The zero-order valence-electron chi connectivity index (χ0n) is 4.05. The monoisotopic (exact) mass is 100 g/mol. The van der Waals surface area contributed by atoms with Crippen LogP contribution in [0, 0.1) is 0 Å². The molecule has 0 bridgehead atoms. The molecule has 0 radical (unpaired) electrons. The van der Waals surface area contributed by atoms with E-state index in [4.69, 9.17) is 10.6 Å². The van der Waals surface area contributed by atoms with Gasteiger partial charge in [0.1, 0.15) is 0 Å². The van der Waals surface area contributed by atoms with Crippen molar-refractivity contribution in [1.82, 2.24) is 0 Å². The summed E-state index contributed by atoms with van der Waals surface area (Å²) in [6.07, 6.45) is 0.913. The predicted octanol–water partition coefficient (Wildman–Crippen LogP) is -0.279. The van der Waals surface area contributed by atoms with E-state index in [1.807, 2.05) is 0 Å². The Labute approximate surface area is 42.1 Å². The number of hydrazone groups is 1. The van der Waals surface area contributed by atoms with Crippen LogP contribution in [0.3, 0.4) is 0 Å². The Morgan fingerprint density at radius 1 is 1.71 bits per heavy atom. The molecule has 40 valence electrons. The Morgan fingerprint density at radius 3 is 2.86 bits per heavy atom. The molecule has 7 heavy (non-hydrogen) atoms. The van der Waals surface area contributed by atoms with Gasteiger partial charge in [-0.15, -0.1) is 0 Å². The van der Waals surface area contributed by atoms with E-state index in [0.29, 0.717) is 6.61 Å². The van der Waals surface area contributed by atoms with Crippen molar-refractivity contribution in [1.29, 1.82) is 0 Å². The van der Waals surface area contributed by atoms with Crippen molar-refractivity contribution in [2.75, 3.05) is 13.2 Å². The van der Waals surface area contributed by atoms with Gasteiger partial charge in [0.15, 0.2) is 0 Å². The van der Waals surface area contributed by atoms with Crippen molar-refractivity contribution in [3.8, 4) is 0 Å². The summed E-state index contributed by atoms with van der Waals surface area (Å²) in [4.78, 5) is 0. The highest BCUT2D eigenvalue weighted by atomic mass is 16.5. The molecule has 3 nitrogen and oxygen atoms in total.